The Balaban J connectivity index is 1.42. The molecule has 1 saturated carbocycles. The number of nitrogens with one attached hydrogen (secondary N) is 1. The average Bonchev–Trinajstić information content (AvgIpc) is 3.58. The van der Waals surface area contributed by atoms with Crippen molar-refractivity contribution < 1.29 is 14.3 Å². The van der Waals surface area contributed by atoms with Crippen LogP contribution >= 0.6 is 0 Å². The maximum atomic E-state index is 12.9. The fraction of sp³-hybridized carbons (Fsp3) is 0.400. The summed E-state index contributed by atoms with van der Waals surface area (Å²) in [6, 6.07) is 9.62. The van der Waals surface area contributed by atoms with Gasteiger partial charge < -0.3 is 14.8 Å². The molecule has 6 rings (SSSR count). The molecule has 10 heteroatoms. The van der Waals surface area contributed by atoms with Gasteiger partial charge in [-0.25, -0.2) is 0 Å². The SMILES string of the molecule is COc1ccc([C@@H]2CC(=O)Nc3c2c(C)nn3-c2ccc3nnc(C)n3n2)cc1OC1CCCC1. The van der Waals surface area contributed by atoms with Crippen molar-refractivity contribution in [1.82, 2.24) is 29.6 Å². The number of benzene rings is 1. The number of hydrogen-bond acceptors (Lipinski definition) is 7. The minimum atomic E-state index is -0.162. The summed E-state index contributed by atoms with van der Waals surface area (Å²) in [7, 11) is 1.65. The molecule has 0 bridgehead atoms. The lowest BCUT2D eigenvalue weighted by molar-refractivity contribution is -0.116. The van der Waals surface area contributed by atoms with E-state index in [1.807, 2.05) is 44.2 Å². The number of hydrogen-bond donors (Lipinski definition) is 1. The second-order valence-electron chi connectivity index (χ2n) is 9.21. The number of carbonyl (C=O) groups is 1. The van der Waals surface area contributed by atoms with Crippen LogP contribution in [0.3, 0.4) is 0 Å². The quantitative estimate of drug-likeness (QED) is 0.470. The first-order valence-corrected chi connectivity index (χ1v) is 11.9. The molecule has 0 unspecified atom stereocenters. The molecule has 1 atom stereocenters. The molecule has 180 valence electrons. The zero-order valence-electron chi connectivity index (χ0n) is 20.0. The first kappa shape index (κ1) is 21.6. The normalized spacial score (nSPS) is 18.0. The van der Waals surface area contributed by atoms with Gasteiger partial charge in [-0.15, -0.1) is 15.3 Å². The summed E-state index contributed by atoms with van der Waals surface area (Å²) in [5, 5.41) is 20.6. The van der Waals surface area contributed by atoms with Gasteiger partial charge in [-0.2, -0.15) is 14.3 Å². The zero-order chi connectivity index (χ0) is 24.1. The van der Waals surface area contributed by atoms with Crippen LogP contribution < -0.4 is 14.8 Å². The van der Waals surface area contributed by atoms with Crippen LogP contribution in [0.15, 0.2) is 30.3 Å². The second kappa shape index (κ2) is 8.37. The maximum Gasteiger partial charge on any atom is 0.226 e. The van der Waals surface area contributed by atoms with E-state index in [2.05, 4.69) is 20.6 Å². The molecule has 1 amide bonds. The van der Waals surface area contributed by atoms with E-state index in [1.165, 1.54) is 12.8 Å². The van der Waals surface area contributed by atoms with Crippen LogP contribution in [-0.2, 0) is 4.79 Å². The third-order valence-corrected chi connectivity index (χ3v) is 6.91. The summed E-state index contributed by atoms with van der Waals surface area (Å²) in [5.74, 6) is 3.08. The molecule has 0 saturated heterocycles. The highest BCUT2D eigenvalue weighted by Crippen LogP contribution is 2.43. The van der Waals surface area contributed by atoms with Gasteiger partial charge in [0, 0.05) is 17.9 Å². The average molecular weight is 474 g/mol. The van der Waals surface area contributed by atoms with Crippen LogP contribution in [0.4, 0.5) is 5.82 Å². The van der Waals surface area contributed by atoms with Crippen LogP contribution in [0.5, 0.6) is 11.5 Å². The third-order valence-electron chi connectivity index (χ3n) is 6.91. The van der Waals surface area contributed by atoms with E-state index < -0.39 is 0 Å². The van der Waals surface area contributed by atoms with Gasteiger partial charge in [-0.05, 0) is 69.4 Å². The Kier molecular flexibility index (Phi) is 5.16. The van der Waals surface area contributed by atoms with Gasteiger partial charge in [0.2, 0.25) is 5.91 Å². The highest BCUT2D eigenvalue weighted by atomic mass is 16.5. The predicted molar refractivity (Wildman–Crippen MR) is 128 cm³/mol. The Morgan fingerprint density at radius 3 is 2.66 bits per heavy atom. The molecule has 2 aliphatic rings. The largest absolute Gasteiger partial charge is 0.493 e. The molecule has 35 heavy (non-hydrogen) atoms. The lowest BCUT2D eigenvalue weighted by atomic mass is 9.85. The molecule has 1 N–H and O–H groups in total. The van der Waals surface area contributed by atoms with E-state index in [0.717, 1.165) is 35.4 Å². The minimum Gasteiger partial charge on any atom is -0.493 e. The van der Waals surface area contributed by atoms with Crippen LogP contribution in [0.2, 0.25) is 0 Å². The summed E-state index contributed by atoms with van der Waals surface area (Å²) in [4.78, 5) is 12.9. The third kappa shape index (κ3) is 3.69. The van der Waals surface area contributed by atoms with Gasteiger partial charge in [0.15, 0.2) is 28.8 Å². The lowest BCUT2D eigenvalue weighted by Gasteiger charge is -2.25. The monoisotopic (exact) mass is 473 g/mol. The van der Waals surface area contributed by atoms with E-state index in [-0.39, 0.29) is 17.9 Å². The number of aryl methyl sites for hydroxylation is 2. The Morgan fingerprint density at radius 1 is 1.03 bits per heavy atom. The van der Waals surface area contributed by atoms with Crippen molar-refractivity contribution in [2.75, 3.05) is 12.4 Å². The van der Waals surface area contributed by atoms with Crippen molar-refractivity contribution in [3.8, 4) is 17.3 Å². The lowest BCUT2D eigenvalue weighted by Crippen LogP contribution is -2.25. The van der Waals surface area contributed by atoms with Crippen LogP contribution in [-0.4, -0.2) is 48.7 Å². The maximum absolute atomic E-state index is 12.9. The highest BCUT2D eigenvalue weighted by Gasteiger charge is 2.34. The number of fused-ring (bicyclic) bond motifs is 2. The molecule has 0 radical (unpaired) electrons. The summed E-state index contributed by atoms with van der Waals surface area (Å²) in [6.07, 6.45) is 5.01. The molecule has 1 fully saturated rings. The molecular formula is C25H27N7O3. The van der Waals surface area contributed by atoms with Gasteiger partial charge in [0.1, 0.15) is 5.82 Å². The van der Waals surface area contributed by atoms with E-state index in [4.69, 9.17) is 14.6 Å². The van der Waals surface area contributed by atoms with Crippen molar-refractivity contribution in [3.05, 3.63) is 53.0 Å². The molecular weight excluding hydrogens is 446 g/mol. The van der Waals surface area contributed by atoms with Gasteiger partial charge >= 0.3 is 0 Å². The van der Waals surface area contributed by atoms with Gasteiger partial charge in [-0.1, -0.05) is 6.07 Å². The summed E-state index contributed by atoms with van der Waals surface area (Å²) >= 11 is 0. The van der Waals surface area contributed by atoms with Crippen LogP contribution in [0.25, 0.3) is 11.5 Å². The van der Waals surface area contributed by atoms with Gasteiger partial charge in [0.05, 0.1) is 18.9 Å². The molecule has 4 aromatic rings. The highest BCUT2D eigenvalue weighted by molar-refractivity contribution is 5.95. The number of carbonyl (C=O) groups excluding carboxylic acids is 1. The van der Waals surface area contributed by atoms with Crippen molar-refractivity contribution in [2.45, 2.75) is 58.0 Å². The first-order chi connectivity index (χ1) is 17.0. The summed E-state index contributed by atoms with van der Waals surface area (Å²) < 4.78 is 15.2. The minimum absolute atomic E-state index is 0.0701. The standard InChI is InChI=1S/C25H27N7O3/c1-14-24-18(16-8-9-19(34-3)20(12-16)35-17-6-4-5-7-17)13-23(33)26-25(24)32(29-14)22-11-10-21-28-27-15(2)31(21)30-22/h8-12,17-18H,4-7,13H2,1-3H3,(H,26,33)/t18-/m0/s1. The summed E-state index contributed by atoms with van der Waals surface area (Å²) in [5.41, 5.74) is 3.46. The molecule has 3 aromatic heterocycles. The van der Waals surface area contributed by atoms with Crippen molar-refractivity contribution in [3.63, 3.8) is 0 Å². The molecule has 0 spiro atoms. The van der Waals surface area contributed by atoms with Crippen LogP contribution in [0.1, 0.15) is 60.7 Å². The zero-order valence-corrected chi connectivity index (χ0v) is 20.0. The molecule has 1 aromatic carbocycles. The van der Waals surface area contributed by atoms with Crippen molar-refractivity contribution in [1.29, 1.82) is 0 Å². The Morgan fingerprint density at radius 2 is 1.86 bits per heavy atom. The fourth-order valence-corrected chi connectivity index (χ4v) is 5.18. The van der Waals surface area contributed by atoms with Crippen LogP contribution in [0, 0.1) is 13.8 Å². The predicted octanol–water partition coefficient (Wildman–Crippen LogP) is 3.73. The van der Waals surface area contributed by atoms with Gasteiger partial charge in [-0.3, -0.25) is 4.79 Å². The number of amides is 1. The summed E-state index contributed by atoms with van der Waals surface area (Å²) in [6.45, 7) is 3.80. The number of nitrogens with zero attached hydrogens (tertiary/aromatic N) is 6. The van der Waals surface area contributed by atoms with E-state index in [9.17, 15) is 4.79 Å². The number of rotatable bonds is 5. The topological polar surface area (TPSA) is 108 Å². The Bertz CT molecular complexity index is 1430. The molecule has 1 aliphatic heterocycles. The number of methoxy groups -OCH3 is 1. The van der Waals surface area contributed by atoms with E-state index in [1.54, 1.807) is 16.3 Å². The Labute approximate surface area is 202 Å². The van der Waals surface area contributed by atoms with Crippen molar-refractivity contribution >= 4 is 17.4 Å². The van der Waals surface area contributed by atoms with Crippen molar-refractivity contribution in [2.24, 2.45) is 0 Å². The Hall–Kier alpha value is -3.95. The first-order valence-electron chi connectivity index (χ1n) is 11.9. The van der Waals surface area contributed by atoms with E-state index in [0.29, 0.717) is 35.3 Å². The second-order valence-corrected chi connectivity index (χ2v) is 9.21. The number of anilines is 1. The molecule has 1 aliphatic carbocycles. The number of aromatic nitrogens is 6. The molecule has 4 heterocycles. The van der Waals surface area contributed by atoms with E-state index >= 15 is 0 Å². The van der Waals surface area contributed by atoms with Gasteiger partial charge in [0.25, 0.3) is 0 Å². The number of ether oxygens (including phenoxy) is 2. The fourth-order valence-electron chi connectivity index (χ4n) is 5.18. The smallest absolute Gasteiger partial charge is 0.226 e. The molecule has 10 nitrogen and oxygen atoms in total.